The Morgan fingerprint density at radius 2 is 2.09 bits per heavy atom. The first-order valence-corrected chi connectivity index (χ1v) is 8.08. The second-order valence-electron chi connectivity index (χ2n) is 6.14. The van der Waals surface area contributed by atoms with E-state index in [0.717, 1.165) is 24.8 Å². The lowest BCUT2D eigenvalue weighted by atomic mass is 9.90. The molecule has 1 saturated carbocycles. The van der Waals surface area contributed by atoms with Crippen LogP contribution in [0.1, 0.15) is 48.9 Å². The van der Waals surface area contributed by atoms with Crippen LogP contribution >= 0.6 is 0 Å². The monoisotopic (exact) mass is 313 g/mol. The summed E-state index contributed by atoms with van der Waals surface area (Å²) in [6.45, 7) is 0.825. The molecule has 1 aliphatic carbocycles. The number of ether oxygens (including phenoxy) is 1. The van der Waals surface area contributed by atoms with E-state index in [1.807, 2.05) is 30.3 Å². The van der Waals surface area contributed by atoms with Gasteiger partial charge in [0, 0.05) is 12.5 Å². The number of nitrogens with one attached hydrogen (secondary N) is 1. The summed E-state index contributed by atoms with van der Waals surface area (Å²) in [7, 11) is 0. The Labute approximate surface area is 134 Å². The molecule has 0 radical (unpaired) electrons. The van der Waals surface area contributed by atoms with Crippen molar-refractivity contribution < 1.29 is 13.9 Å². The van der Waals surface area contributed by atoms with Crippen LogP contribution in [-0.4, -0.2) is 22.7 Å². The maximum atomic E-state index is 12.8. The lowest BCUT2D eigenvalue weighted by Gasteiger charge is -2.27. The number of rotatable bonds is 5. The van der Waals surface area contributed by atoms with Crippen molar-refractivity contribution in [3.63, 3.8) is 0 Å². The summed E-state index contributed by atoms with van der Waals surface area (Å²) in [5.74, 6) is 1.40. The first-order valence-electron chi connectivity index (χ1n) is 8.08. The lowest BCUT2D eigenvalue weighted by Crippen LogP contribution is -2.43. The third kappa shape index (κ3) is 2.74. The number of benzene rings is 1. The molecule has 1 aliphatic heterocycles. The zero-order chi connectivity index (χ0) is 15.7. The molecule has 2 aromatic rings. The van der Waals surface area contributed by atoms with Crippen molar-refractivity contribution >= 4 is 5.91 Å². The maximum Gasteiger partial charge on any atom is 0.257 e. The van der Waals surface area contributed by atoms with Gasteiger partial charge in [0.25, 0.3) is 5.91 Å². The van der Waals surface area contributed by atoms with Crippen molar-refractivity contribution in [3.05, 3.63) is 47.7 Å². The second kappa shape index (κ2) is 5.77. The zero-order valence-corrected chi connectivity index (χ0v) is 12.8. The van der Waals surface area contributed by atoms with Gasteiger partial charge < -0.3 is 14.5 Å². The van der Waals surface area contributed by atoms with Crippen LogP contribution < -0.4 is 5.32 Å². The fraction of sp³-hybridized carbons (Fsp3) is 0.471. The Bertz CT molecular complexity index is 688. The highest BCUT2D eigenvalue weighted by Gasteiger charge is 2.44. The van der Waals surface area contributed by atoms with Gasteiger partial charge in [-0.1, -0.05) is 30.3 Å². The van der Waals surface area contributed by atoms with Crippen LogP contribution in [0.15, 0.2) is 34.7 Å². The number of nitrogens with zero attached hydrogens (tertiary/aromatic N) is 2. The molecule has 1 unspecified atom stereocenters. The average molecular weight is 313 g/mol. The van der Waals surface area contributed by atoms with E-state index in [-0.39, 0.29) is 12.5 Å². The molecule has 1 aromatic heterocycles. The van der Waals surface area contributed by atoms with Gasteiger partial charge in [0.2, 0.25) is 11.8 Å². The first kappa shape index (κ1) is 14.4. The van der Waals surface area contributed by atoms with E-state index >= 15 is 0 Å². The SMILES string of the molecule is O=C(NCc1nnc(C2CC2)o1)C1(c2ccccc2)CCCO1. The van der Waals surface area contributed by atoms with Gasteiger partial charge in [0.05, 0.1) is 6.54 Å². The molecule has 1 atom stereocenters. The Balaban J connectivity index is 1.47. The molecule has 2 heterocycles. The Morgan fingerprint density at radius 3 is 2.78 bits per heavy atom. The van der Waals surface area contributed by atoms with Gasteiger partial charge in [-0.25, -0.2) is 0 Å². The van der Waals surface area contributed by atoms with Crippen LogP contribution in [0.3, 0.4) is 0 Å². The molecular formula is C17H19N3O3. The second-order valence-corrected chi connectivity index (χ2v) is 6.14. The first-order chi connectivity index (χ1) is 11.3. The fourth-order valence-corrected chi connectivity index (χ4v) is 3.02. The average Bonchev–Trinajstić information content (AvgIpc) is 3.14. The minimum atomic E-state index is -0.902. The van der Waals surface area contributed by atoms with Crippen molar-refractivity contribution in [2.45, 2.75) is 43.7 Å². The molecule has 1 aromatic carbocycles. The third-order valence-corrected chi connectivity index (χ3v) is 4.44. The molecule has 23 heavy (non-hydrogen) atoms. The van der Waals surface area contributed by atoms with Gasteiger partial charge >= 0.3 is 0 Å². The molecule has 0 bridgehead atoms. The minimum absolute atomic E-state index is 0.146. The third-order valence-electron chi connectivity index (χ3n) is 4.44. The van der Waals surface area contributed by atoms with Crippen LogP contribution in [-0.2, 0) is 21.7 Å². The summed E-state index contributed by atoms with van der Waals surface area (Å²) < 4.78 is 11.4. The van der Waals surface area contributed by atoms with Crippen molar-refractivity contribution in [1.29, 1.82) is 0 Å². The number of aromatic nitrogens is 2. The topological polar surface area (TPSA) is 77.3 Å². The van der Waals surface area contributed by atoms with E-state index in [1.165, 1.54) is 0 Å². The summed E-state index contributed by atoms with van der Waals surface area (Å²) in [5, 5.41) is 10.9. The molecule has 1 saturated heterocycles. The van der Waals surface area contributed by atoms with Crippen LogP contribution in [0.2, 0.25) is 0 Å². The standard InChI is InChI=1S/C17H19N3O3/c21-16(18-11-14-19-20-15(23-14)12-7-8-12)17(9-4-10-22-17)13-5-2-1-3-6-13/h1-3,5-6,12H,4,7-11H2,(H,18,21). The van der Waals surface area contributed by atoms with Crippen LogP contribution in [0.4, 0.5) is 0 Å². The van der Waals surface area contributed by atoms with Crippen molar-refractivity contribution in [3.8, 4) is 0 Å². The predicted molar refractivity (Wildman–Crippen MR) is 81.4 cm³/mol. The molecule has 2 fully saturated rings. The molecule has 120 valence electrons. The quantitative estimate of drug-likeness (QED) is 0.916. The van der Waals surface area contributed by atoms with Gasteiger partial charge in [-0.3, -0.25) is 4.79 Å². The van der Waals surface area contributed by atoms with E-state index in [9.17, 15) is 4.79 Å². The zero-order valence-electron chi connectivity index (χ0n) is 12.8. The van der Waals surface area contributed by atoms with E-state index < -0.39 is 5.60 Å². The van der Waals surface area contributed by atoms with E-state index in [1.54, 1.807) is 0 Å². The summed E-state index contributed by atoms with van der Waals surface area (Å²) in [4.78, 5) is 12.8. The number of hydrogen-bond acceptors (Lipinski definition) is 5. The summed E-state index contributed by atoms with van der Waals surface area (Å²) >= 11 is 0. The van der Waals surface area contributed by atoms with Gasteiger partial charge in [-0.05, 0) is 31.2 Å². The normalized spacial score (nSPS) is 23.8. The Hall–Kier alpha value is -2.21. The highest BCUT2D eigenvalue weighted by molar-refractivity contribution is 5.86. The molecule has 1 amide bonds. The van der Waals surface area contributed by atoms with E-state index in [2.05, 4.69) is 15.5 Å². The summed E-state index contributed by atoms with van der Waals surface area (Å²) in [5.41, 5.74) is -0.0140. The van der Waals surface area contributed by atoms with Gasteiger partial charge in [-0.15, -0.1) is 10.2 Å². The Morgan fingerprint density at radius 1 is 1.26 bits per heavy atom. The Kier molecular flexibility index (Phi) is 3.61. The number of amides is 1. The van der Waals surface area contributed by atoms with E-state index in [4.69, 9.17) is 9.15 Å². The van der Waals surface area contributed by atoms with Gasteiger partial charge in [0.15, 0.2) is 5.60 Å². The lowest BCUT2D eigenvalue weighted by molar-refractivity contribution is -0.143. The highest BCUT2D eigenvalue weighted by atomic mass is 16.5. The largest absolute Gasteiger partial charge is 0.423 e. The number of carbonyl (C=O) groups excluding carboxylic acids is 1. The molecule has 1 N–H and O–H groups in total. The molecule has 0 spiro atoms. The number of carbonyl (C=O) groups is 1. The summed E-state index contributed by atoms with van der Waals surface area (Å²) in [6.07, 6.45) is 3.77. The predicted octanol–water partition coefficient (Wildman–Crippen LogP) is 2.27. The molecule has 6 nitrogen and oxygen atoms in total. The van der Waals surface area contributed by atoms with Gasteiger partial charge in [0.1, 0.15) is 0 Å². The van der Waals surface area contributed by atoms with E-state index in [0.29, 0.717) is 30.7 Å². The highest BCUT2D eigenvalue weighted by Crippen LogP contribution is 2.39. The van der Waals surface area contributed by atoms with Crippen LogP contribution in [0, 0.1) is 0 Å². The maximum absolute atomic E-state index is 12.8. The van der Waals surface area contributed by atoms with Gasteiger partial charge in [-0.2, -0.15) is 0 Å². The minimum Gasteiger partial charge on any atom is -0.423 e. The molecule has 2 aliphatic rings. The molecule has 4 rings (SSSR count). The van der Waals surface area contributed by atoms with Crippen LogP contribution in [0.5, 0.6) is 0 Å². The van der Waals surface area contributed by atoms with Crippen LogP contribution in [0.25, 0.3) is 0 Å². The molecule has 6 heteroatoms. The number of hydrogen-bond donors (Lipinski definition) is 1. The smallest absolute Gasteiger partial charge is 0.257 e. The fourth-order valence-electron chi connectivity index (χ4n) is 3.02. The van der Waals surface area contributed by atoms with Crippen molar-refractivity contribution in [2.75, 3.05) is 6.61 Å². The van der Waals surface area contributed by atoms with Crippen molar-refractivity contribution in [2.24, 2.45) is 0 Å². The summed E-state index contributed by atoms with van der Waals surface area (Å²) in [6, 6.07) is 9.64. The molecular weight excluding hydrogens is 294 g/mol. The van der Waals surface area contributed by atoms with Crippen molar-refractivity contribution in [1.82, 2.24) is 15.5 Å².